The van der Waals surface area contributed by atoms with Gasteiger partial charge in [-0.3, -0.25) is 0 Å². The van der Waals surface area contributed by atoms with E-state index < -0.39 is 0 Å². The van der Waals surface area contributed by atoms with Gasteiger partial charge in [-0.25, -0.2) is 0 Å². The van der Waals surface area contributed by atoms with E-state index in [2.05, 4.69) is 0 Å². The molecule has 3 nitrogen and oxygen atoms in total. The second-order valence-corrected chi connectivity index (χ2v) is 4.82. The Balaban J connectivity index is 1.94. The van der Waals surface area contributed by atoms with E-state index in [1.165, 1.54) is 0 Å². The topological polar surface area (TPSA) is 42.0 Å². The molecule has 2 fully saturated rings. The van der Waals surface area contributed by atoms with Gasteiger partial charge in [-0.2, -0.15) is 0 Å². The summed E-state index contributed by atoms with van der Waals surface area (Å²) in [6.07, 6.45) is 1.38. The molecule has 1 saturated heterocycles. The van der Waals surface area contributed by atoms with Gasteiger partial charge in [0.15, 0.2) is 0 Å². The van der Waals surface area contributed by atoms with E-state index >= 15 is 0 Å². The molecular weight excluding hydrogens is 204 g/mol. The van der Waals surface area contributed by atoms with E-state index in [0.29, 0.717) is 0 Å². The van der Waals surface area contributed by atoms with Gasteiger partial charge in [0.05, 0.1) is 13.2 Å². The Labute approximate surface area is 95.0 Å². The summed E-state index contributed by atoms with van der Waals surface area (Å²) in [6, 6.07) is 7.94. The van der Waals surface area contributed by atoms with Gasteiger partial charge in [-0.05, 0) is 37.5 Å². The molecule has 0 unspecified atom stereocenters. The van der Waals surface area contributed by atoms with Gasteiger partial charge in [0.2, 0.25) is 0 Å². The maximum absolute atomic E-state index is 9.88. The number of aliphatic hydroxyl groups excluding tert-OH is 1. The first kappa shape index (κ1) is 10.1. The maximum Gasteiger partial charge on any atom is 0.125 e. The number of ether oxygens (including phenoxy) is 2. The van der Waals surface area contributed by atoms with Crippen molar-refractivity contribution in [2.45, 2.75) is 37.1 Å². The summed E-state index contributed by atoms with van der Waals surface area (Å²) in [7, 11) is 1.66. The minimum Gasteiger partial charge on any atom is -0.497 e. The molecule has 16 heavy (non-hydrogen) atoms. The highest BCUT2D eigenvalue weighted by molar-refractivity contribution is 5.40. The Morgan fingerprint density at radius 1 is 1.38 bits per heavy atom. The van der Waals surface area contributed by atoms with Crippen LogP contribution in [0.1, 0.15) is 25.3 Å². The summed E-state index contributed by atoms with van der Waals surface area (Å²) in [5.74, 6) is 0.848. The van der Waals surface area contributed by atoms with E-state index in [1.807, 2.05) is 31.2 Å². The molecule has 3 atom stereocenters. The maximum atomic E-state index is 9.88. The quantitative estimate of drug-likeness (QED) is 0.773. The monoisotopic (exact) mass is 220 g/mol. The first-order chi connectivity index (χ1) is 7.62. The molecule has 1 heterocycles. The lowest BCUT2D eigenvalue weighted by atomic mass is 9.89. The van der Waals surface area contributed by atoms with Crippen molar-refractivity contribution in [1.29, 1.82) is 0 Å². The lowest BCUT2D eigenvalue weighted by molar-refractivity contribution is 0.0699. The van der Waals surface area contributed by atoms with E-state index in [0.717, 1.165) is 24.2 Å². The van der Waals surface area contributed by atoms with E-state index in [4.69, 9.17) is 9.47 Å². The normalized spacial score (nSPS) is 40.6. The van der Waals surface area contributed by atoms with Crippen molar-refractivity contribution in [1.82, 2.24) is 0 Å². The molecule has 86 valence electrons. The van der Waals surface area contributed by atoms with Gasteiger partial charge in [-0.1, -0.05) is 12.1 Å². The summed E-state index contributed by atoms with van der Waals surface area (Å²) in [5.41, 5.74) is 0.521. The lowest BCUT2D eigenvalue weighted by Crippen LogP contribution is -2.25. The van der Waals surface area contributed by atoms with Gasteiger partial charge in [0, 0.05) is 0 Å². The molecule has 0 radical (unpaired) electrons. The van der Waals surface area contributed by atoms with E-state index in [1.54, 1.807) is 7.11 Å². The Morgan fingerprint density at radius 2 is 2.06 bits per heavy atom. The van der Waals surface area contributed by atoms with Crippen LogP contribution < -0.4 is 4.74 Å². The van der Waals surface area contributed by atoms with Crippen molar-refractivity contribution in [3.05, 3.63) is 29.8 Å². The Hall–Kier alpha value is -1.06. The third-order valence-corrected chi connectivity index (χ3v) is 4.11. The molecule has 1 N–H and O–H groups in total. The zero-order valence-corrected chi connectivity index (χ0v) is 9.56. The number of rotatable bonds is 2. The summed E-state index contributed by atoms with van der Waals surface area (Å²) in [5, 5.41) is 9.88. The van der Waals surface area contributed by atoms with Crippen molar-refractivity contribution in [2.75, 3.05) is 7.11 Å². The number of methoxy groups -OCH3 is 1. The van der Waals surface area contributed by atoms with Crippen molar-refractivity contribution < 1.29 is 14.6 Å². The molecule has 1 aliphatic carbocycles. The summed E-state index contributed by atoms with van der Waals surface area (Å²) in [6.45, 7) is 1.99. The van der Waals surface area contributed by atoms with Gasteiger partial charge in [0.25, 0.3) is 0 Å². The number of aliphatic hydroxyl groups is 1. The predicted molar refractivity (Wildman–Crippen MR) is 59.4 cm³/mol. The Bertz CT molecular complexity index is 410. The van der Waals surface area contributed by atoms with Gasteiger partial charge in [-0.15, -0.1) is 0 Å². The average Bonchev–Trinajstić information content (AvgIpc) is 2.87. The van der Waals surface area contributed by atoms with Crippen molar-refractivity contribution in [3.8, 4) is 5.75 Å². The fraction of sp³-hybridized carbons (Fsp3) is 0.538. The summed E-state index contributed by atoms with van der Waals surface area (Å²) in [4.78, 5) is 0. The molecule has 1 aromatic rings. The van der Waals surface area contributed by atoms with Crippen molar-refractivity contribution in [3.63, 3.8) is 0 Å². The second kappa shape index (κ2) is 2.99. The zero-order valence-electron chi connectivity index (χ0n) is 9.56. The highest BCUT2D eigenvalue weighted by Crippen LogP contribution is 2.65. The van der Waals surface area contributed by atoms with Gasteiger partial charge in [0.1, 0.15) is 17.0 Å². The molecule has 0 spiro atoms. The summed E-state index contributed by atoms with van der Waals surface area (Å²) < 4.78 is 10.9. The van der Waals surface area contributed by atoms with Crippen LogP contribution in [0.15, 0.2) is 24.3 Å². The summed E-state index contributed by atoms with van der Waals surface area (Å²) >= 11 is 0. The van der Waals surface area contributed by atoms with Crippen LogP contribution in [-0.2, 0) is 10.3 Å². The van der Waals surface area contributed by atoms with Crippen LogP contribution in [0, 0.1) is 0 Å². The minimum absolute atomic E-state index is 0.251. The van der Waals surface area contributed by atoms with Crippen LogP contribution in [0.2, 0.25) is 0 Å². The molecule has 1 aromatic carbocycles. The van der Waals surface area contributed by atoms with E-state index in [-0.39, 0.29) is 17.3 Å². The van der Waals surface area contributed by atoms with Crippen LogP contribution in [0.3, 0.4) is 0 Å². The largest absolute Gasteiger partial charge is 0.497 e. The molecule has 1 aliphatic heterocycles. The number of epoxide rings is 1. The third-order valence-electron chi connectivity index (χ3n) is 4.11. The molecule has 2 aliphatic rings. The molecule has 0 bridgehead atoms. The van der Waals surface area contributed by atoms with E-state index in [9.17, 15) is 5.11 Å². The third kappa shape index (κ3) is 1.05. The first-order valence-electron chi connectivity index (χ1n) is 5.65. The van der Waals surface area contributed by atoms with Crippen LogP contribution >= 0.6 is 0 Å². The van der Waals surface area contributed by atoms with Crippen LogP contribution in [0.25, 0.3) is 0 Å². The lowest BCUT2D eigenvalue weighted by Gasteiger charge is -2.10. The highest BCUT2D eigenvalue weighted by Gasteiger charge is 2.74. The smallest absolute Gasteiger partial charge is 0.125 e. The zero-order chi connectivity index (χ0) is 11.4. The molecular formula is C13H16O3. The standard InChI is InChI=1S/C13H16O3/c1-12-11(14)7-8-13(12,16-12)9-3-5-10(15-2)6-4-9/h3-6,11,14H,7-8H2,1-2H3/t11-,12-,13-/m1/s1. The molecule has 3 heteroatoms. The highest BCUT2D eigenvalue weighted by atomic mass is 16.6. The number of fused-ring (bicyclic) bond motifs is 1. The van der Waals surface area contributed by atoms with Crippen LogP contribution in [0.4, 0.5) is 0 Å². The Kier molecular flexibility index (Phi) is 1.89. The number of benzene rings is 1. The fourth-order valence-electron chi connectivity index (χ4n) is 2.94. The first-order valence-corrected chi connectivity index (χ1v) is 5.65. The average molecular weight is 220 g/mol. The minimum atomic E-state index is -0.373. The second-order valence-electron chi connectivity index (χ2n) is 4.82. The SMILES string of the molecule is COc1ccc([C@]23CC[C@@H](O)[C@@]2(C)O3)cc1. The number of hydrogen-bond acceptors (Lipinski definition) is 3. The Morgan fingerprint density at radius 3 is 2.50 bits per heavy atom. The van der Waals surface area contributed by atoms with Crippen molar-refractivity contribution in [2.24, 2.45) is 0 Å². The molecule has 3 rings (SSSR count). The van der Waals surface area contributed by atoms with Crippen LogP contribution in [-0.4, -0.2) is 23.9 Å². The molecule has 0 aromatic heterocycles. The number of hydrogen-bond donors (Lipinski definition) is 1. The molecule has 0 amide bonds. The van der Waals surface area contributed by atoms with Gasteiger partial charge >= 0.3 is 0 Å². The molecule has 1 saturated carbocycles. The predicted octanol–water partition coefficient (Wildman–Crippen LogP) is 1.83. The fourth-order valence-corrected chi connectivity index (χ4v) is 2.94. The van der Waals surface area contributed by atoms with Crippen LogP contribution in [0.5, 0.6) is 5.75 Å². The van der Waals surface area contributed by atoms with Gasteiger partial charge < -0.3 is 14.6 Å². The van der Waals surface area contributed by atoms with Crippen molar-refractivity contribution >= 4 is 0 Å².